The topological polar surface area (TPSA) is 284 Å². The van der Waals surface area contributed by atoms with E-state index in [1.807, 2.05) is 149 Å². The van der Waals surface area contributed by atoms with Crippen molar-refractivity contribution in [3.8, 4) is 85.6 Å². The number of aromatic nitrogens is 6. The number of rotatable bonds is 15. The minimum atomic E-state index is -4.62. The first-order valence-corrected chi connectivity index (χ1v) is 46.2. The molecule has 8 aromatic carbocycles. The van der Waals surface area contributed by atoms with E-state index < -0.39 is 62.6 Å². The van der Waals surface area contributed by atoms with Gasteiger partial charge in [0.25, 0.3) is 23.6 Å². The van der Waals surface area contributed by atoms with Crippen LogP contribution in [0.2, 0.25) is 0 Å². The number of piperidine rings is 4. The van der Waals surface area contributed by atoms with E-state index in [4.69, 9.17) is 47.7 Å². The Bertz CT molecular complexity index is 6530. The Labute approximate surface area is 771 Å². The van der Waals surface area contributed by atoms with Crippen LogP contribution >= 0.6 is 0 Å². The van der Waals surface area contributed by atoms with Crippen LogP contribution in [0.15, 0.2) is 218 Å². The number of para-hydroxylation sites is 4. The van der Waals surface area contributed by atoms with E-state index in [-0.39, 0.29) is 56.7 Å². The van der Waals surface area contributed by atoms with Crippen molar-refractivity contribution in [1.29, 1.82) is 0 Å². The molecule has 27 nitrogen and oxygen atoms in total. The lowest BCUT2D eigenvalue weighted by Crippen LogP contribution is -2.50. The van der Waals surface area contributed by atoms with E-state index in [2.05, 4.69) is 44.6 Å². The van der Waals surface area contributed by atoms with Crippen molar-refractivity contribution in [2.75, 3.05) is 93.2 Å². The van der Waals surface area contributed by atoms with Gasteiger partial charge in [-0.05, 0) is 171 Å². The summed E-state index contributed by atoms with van der Waals surface area (Å²) in [6.45, 7) is 9.29. The van der Waals surface area contributed by atoms with Gasteiger partial charge in [-0.15, -0.1) is 0 Å². The standard InChI is InChI=1S/C27H29FN2O4.C26H28N2O6.C24H22F3N3O3.C24H25N3O4S.3H2/c1-4-18(2)33-22-10-7-19(16-24(22)32-3)26(31)29-14-11-27(12-15-29)25-6-5-13-30(25)21-9-8-20(28)17-23(21)34-27;1-32-23-15-18(8-9-22(23)33-17-19(30)16-29)25(31)27-13-10-26(11-14-27)24-7-4-12-28(24)20-5-2-3-6-21(20)34-26;1-29-21-16-5-3-4-6-19(16)33-23(18(21)14-28-29)9-11-30(12-10-23)22(31)15-7-8-20(32-2)17(13-15)24(25,26)27;1-16-14-17(8-9-21(16)32(3,29)30)23(28)27-12-10-24(11-13-27)19-15-25-26(2)22(19)18-6-4-5-7-20(18)31-24;;;/h5-10,13,16-18H,4,11-12,14-15H2,1-3H3;2-9,12,15,19,29-30H,10-11,13-14,16-17H2,1H3;3-8,13-14H,9-12H2,1-2H3;4-9,14-15H,10-13H2,1-3H3;3*1H/t18-;19-;;;;;/m00...../s1. The zero-order valence-corrected chi connectivity index (χ0v) is 76.0. The maximum absolute atomic E-state index is 13.9. The molecule has 20 rings (SSSR count). The first-order chi connectivity index (χ1) is 63.9. The fourth-order valence-corrected chi connectivity index (χ4v) is 20.2. The first-order valence-electron chi connectivity index (χ1n) is 44.3. The lowest BCUT2D eigenvalue weighted by Gasteiger charge is -2.45. The van der Waals surface area contributed by atoms with Crippen LogP contribution in [-0.4, -0.2) is 196 Å². The molecule has 4 fully saturated rings. The van der Waals surface area contributed by atoms with E-state index in [9.17, 15) is 50.3 Å². The Morgan fingerprint density at radius 1 is 0.496 bits per heavy atom. The van der Waals surface area contributed by atoms with E-state index >= 15 is 0 Å². The molecule has 700 valence electrons. The van der Waals surface area contributed by atoms with Gasteiger partial charge in [-0.25, -0.2) is 12.8 Å². The Morgan fingerprint density at radius 3 is 1.36 bits per heavy atom. The zero-order chi connectivity index (χ0) is 93.6. The maximum atomic E-state index is 13.9. The molecule has 4 amide bonds. The number of aliphatic hydroxyl groups excluding tert-OH is 2. The number of alkyl halides is 3. The molecule has 2 atom stereocenters. The fraction of sp³-hybridized carbons (Fsp3) is 0.347. The van der Waals surface area contributed by atoms with Gasteiger partial charge in [0.15, 0.2) is 44.0 Å². The van der Waals surface area contributed by atoms with Crippen LogP contribution in [0.3, 0.4) is 0 Å². The van der Waals surface area contributed by atoms with E-state index in [1.54, 1.807) is 73.5 Å². The number of aliphatic hydroxyl groups is 2. The summed E-state index contributed by atoms with van der Waals surface area (Å²) in [5.74, 6) is 3.67. The first kappa shape index (κ1) is 91.3. The second-order valence-electron chi connectivity index (χ2n) is 34.6. The van der Waals surface area contributed by atoms with Gasteiger partial charge in [0.2, 0.25) is 0 Å². The number of methoxy groups -OCH3 is 3. The zero-order valence-electron chi connectivity index (χ0n) is 75.2. The largest absolute Gasteiger partial charge is 0.496 e. The summed E-state index contributed by atoms with van der Waals surface area (Å²) in [7, 11) is 4.75. The van der Waals surface area contributed by atoms with E-state index in [1.165, 1.54) is 50.8 Å². The van der Waals surface area contributed by atoms with Crippen LogP contribution in [0.5, 0.6) is 51.7 Å². The third-order valence-electron chi connectivity index (χ3n) is 26.5. The minimum absolute atomic E-state index is 0. The van der Waals surface area contributed by atoms with E-state index in [0.29, 0.717) is 155 Å². The number of halogens is 4. The van der Waals surface area contributed by atoms with Gasteiger partial charge in [0, 0.05) is 191 Å². The molecule has 4 aromatic heterocycles. The quantitative estimate of drug-likeness (QED) is 0.0902. The molecular weight excluding hydrogens is 1730 g/mol. The number of fused-ring (bicyclic) bond motifs is 16. The molecule has 133 heavy (non-hydrogen) atoms. The van der Waals surface area contributed by atoms with Crippen LogP contribution in [0.4, 0.5) is 17.6 Å². The SMILES string of the molecule is CC[C@H](C)Oc1ccc(C(=O)N2CCC3(CC2)Oc2cc(F)ccc2-n2cccc23)cc1OC.COc1cc(C(=O)N2CCC3(CC2)Oc2ccccc2-n2cccc23)ccc1OC[C@@H](O)CO.COc1ccc(C(=O)N2CCC3(CC2)Oc2ccccc2-c2c3cnn2C)cc1C(F)(F)F.Cc1cc(C(=O)N2CCC3(CC2)Oc2ccccc2-c2c3cnn2C)ccc1S(C)(=O)=O.[HH].[HH].[HH]. The molecule has 0 radical (unpaired) electrons. The van der Waals surface area contributed by atoms with Crippen LogP contribution in [0.25, 0.3) is 33.9 Å². The molecular formula is C101H110F4N10O17S. The highest BCUT2D eigenvalue weighted by Crippen LogP contribution is 2.54. The highest BCUT2D eigenvalue weighted by Gasteiger charge is 2.51. The molecule has 0 aliphatic carbocycles. The lowest BCUT2D eigenvalue weighted by molar-refractivity contribution is -0.138. The molecule has 2 N–H and O–H groups in total. The van der Waals surface area contributed by atoms with Gasteiger partial charge in [-0.2, -0.15) is 23.4 Å². The predicted octanol–water partition coefficient (Wildman–Crippen LogP) is 16.8. The predicted molar refractivity (Wildman–Crippen MR) is 492 cm³/mol. The summed E-state index contributed by atoms with van der Waals surface area (Å²) >= 11 is 0. The summed E-state index contributed by atoms with van der Waals surface area (Å²) in [6, 6.07) is 55.1. The second-order valence-corrected chi connectivity index (χ2v) is 36.6. The highest BCUT2D eigenvalue weighted by molar-refractivity contribution is 7.90. The van der Waals surface area contributed by atoms with Gasteiger partial charge < -0.3 is 81.6 Å². The summed E-state index contributed by atoms with van der Waals surface area (Å²) in [6.07, 6.45) is 9.18. The molecule has 4 saturated heterocycles. The van der Waals surface area contributed by atoms with Crippen LogP contribution in [0, 0.1) is 12.7 Å². The number of hydrogen-bond donors (Lipinski definition) is 2. The summed E-state index contributed by atoms with van der Waals surface area (Å²) in [5, 5.41) is 27.4. The fourth-order valence-electron chi connectivity index (χ4n) is 19.3. The van der Waals surface area contributed by atoms with Crippen molar-refractivity contribution in [2.45, 2.75) is 124 Å². The smallest absolute Gasteiger partial charge is 0.419 e. The van der Waals surface area contributed by atoms with Crippen molar-refractivity contribution in [3.05, 3.63) is 275 Å². The van der Waals surface area contributed by atoms with Crippen LogP contribution < -0.4 is 42.6 Å². The summed E-state index contributed by atoms with van der Waals surface area (Å²) in [5.41, 5.74) is 9.09. The number of hydrogen-bond acceptors (Lipinski definition) is 19. The maximum Gasteiger partial charge on any atom is 0.419 e. The number of benzene rings is 8. The second kappa shape index (κ2) is 36.9. The monoisotopic (exact) mass is 1840 g/mol. The number of amides is 4. The summed E-state index contributed by atoms with van der Waals surface area (Å²) < 4.78 is 139. The average Bonchev–Trinajstić information content (AvgIpc) is 1.54. The number of sulfone groups is 1. The Morgan fingerprint density at radius 2 is 0.902 bits per heavy atom. The Kier molecular flexibility index (Phi) is 25.3. The molecule has 4 spiro atoms. The van der Waals surface area contributed by atoms with Crippen molar-refractivity contribution >= 4 is 33.5 Å². The highest BCUT2D eigenvalue weighted by atomic mass is 32.2. The number of likely N-dealkylation sites (tertiary alicyclic amines) is 4. The minimum Gasteiger partial charge on any atom is -0.496 e. The Balaban J connectivity index is 0.000000144. The van der Waals surface area contributed by atoms with Gasteiger partial charge in [0.1, 0.15) is 58.5 Å². The number of carbonyl (C=O) groups is 4. The number of nitrogens with zero attached hydrogens (tertiary/aromatic N) is 10. The van der Waals surface area contributed by atoms with Crippen molar-refractivity contribution in [1.82, 2.24) is 48.3 Å². The Hall–Kier alpha value is -13.6. The third kappa shape index (κ3) is 17.7. The van der Waals surface area contributed by atoms with Crippen molar-refractivity contribution in [2.24, 2.45) is 14.1 Å². The van der Waals surface area contributed by atoms with Crippen molar-refractivity contribution in [3.63, 3.8) is 0 Å². The molecule has 32 heteroatoms. The molecule has 8 aliphatic rings. The molecule has 0 unspecified atom stereocenters. The number of aryl methyl sites for hydroxylation is 3. The lowest BCUT2D eigenvalue weighted by atomic mass is 9.81. The number of ether oxygens (including phenoxy) is 9. The van der Waals surface area contributed by atoms with Crippen LogP contribution in [0.1, 0.15) is 151 Å². The molecule has 8 aliphatic heterocycles. The summed E-state index contributed by atoms with van der Waals surface area (Å²) in [4.78, 5) is 60.1. The van der Waals surface area contributed by atoms with Crippen LogP contribution in [-0.2, 0) is 52.5 Å². The van der Waals surface area contributed by atoms with E-state index in [0.717, 1.165) is 86.1 Å². The molecule has 0 bridgehead atoms. The normalized spacial score (nSPS) is 16.8. The van der Waals surface area contributed by atoms with Gasteiger partial charge in [0.05, 0.1) is 91.0 Å². The van der Waals surface area contributed by atoms with Gasteiger partial charge >= 0.3 is 6.18 Å². The molecule has 12 aromatic rings. The average molecular weight is 1840 g/mol. The van der Waals surface area contributed by atoms with Crippen molar-refractivity contribution < 1.29 is 102 Å². The number of carbonyl (C=O) groups excluding carboxylic acids is 4. The van der Waals surface area contributed by atoms with Gasteiger partial charge in [-0.3, -0.25) is 28.5 Å². The molecule has 12 heterocycles. The third-order valence-corrected chi connectivity index (χ3v) is 27.7. The molecule has 0 saturated carbocycles. The van der Waals surface area contributed by atoms with Gasteiger partial charge in [-0.1, -0.05) is 43.3 Å².